The summed E-state index contributed by atoms with van der Waals surface area (Å²) >= 11 is 1.52. The molecule has 1 N–H and O–H groups in total. The fourth-order valence-corrected chi connectivity index (χ4v) is 6.11. The number of hydrogen-bond acceptors (Lipinski definition) is 7. The van der Waals surface area contributed by atoms with E-state index in [0.717, 1.165) is 21.3 Å². The van der Waals surface area contributed by atoms with E-state index in [2.05, 4.69) is 15.6 Å². The summed E-state index contributed by atoms with van der Waals surface area (Å²) < 4.78 is 29.5. The molecule has 32 heavy (non-hydrogen) atoms. The molecule has 3 heterocycles. The van der Waals surface area contributed by atoms with Crippen LogP contribution in [0.25, 0.3) is 15.9 Å². The lowest BCUT2D eigenvalue weighted by molar-refractivity contribution is 0.592. The maximum Gasteiger partial charge on any atom is 0.229 e. The topological polar surface area (TPSA) is 89.2 Å². The van der Waals surface area contributed by atoms with Crippen molar-refractivity contribution in [2.45, 2.75) is 36.7 Å². The highest BCUT2D eigenvalue weighted by Crippen LogP contribution is 2.33. The van der Waals surface area contributed by atoms with E-state index < -0.39 is 9.84 Å². The summed E-state index contributed by atoms with van der Waals surface area (Å²) in [6.07, 6.45) is 0. The Morgan fingerprint density at radius 1 is 1.06 bits per heavy atom. The molecule has 0 radical (unpaired) electrons. The van der Waals surface area contributed by atoms with Gasteiger partial charge in [-0.2, -0.15) is 4.52 Å². The van der Waals surface area contributed by atoms with Crippen LogP contribution in [0.4, 0.5) is 5.82 Å². The number of sulfone groups is 1. The zero-order valence-corrected chi connectivity index (χ0v) is 19.4. The standard InChI is InChI=1S/C23H21N5O2S2/c1-14-9-10-15(2)19(13-14)32(29,30)23-22-25-21(24-16(3)17-7-5-4-6-8-17)20-18(11-12-31-20)28(22)27-26-23/h4-13,16H,1-3H3,(H,24,25)/t16-/m0/s1. The molecule has 0 saturated carbocycles. The van der Waals surface area contributed by atoms with E-state index in [1.807, 2.05) is 61.7 Å². The first kappa shape index (κ1) is 20.6. The van der Waals surface area contributed by atoms with Crippen molar-refractivity contribution >= 4 is 42.9 Å². The minimum Gasteiger partial charge on any atom is -0.362 e. The zero-order chi connectivity index (χ0) is 22.5. The predicted molar refractivity (Wildman–Crippen MR) is 126 cm³/mol. The largest absolute Gasteiger partial charge is 0.362 e. The van der Waals surface area contributed by atoms with Gasteiger partial charge in [-0.1, -0.05) is 47.7 Å². The summed E-state index contributed by atoms with van der Waals surface area (Å²) in [4.78, 5) is 4.92. The summed E-state index contributed by atoms with van der Waals surface area (Å²) in [6, 6.07) is 17.3. The predicted octanol–water partition coefficient (Wildman–Crippen LogP) is 4.96. The molecule has 1 atom stereocenters. The van der Waals surface area contributed by atoms with Gasteiger partial charge in [0, 0.05) is 6.04 Å². The number of nitrogens with one attached hydrogen (secondary N) is 1. The van der Waals surface area contributed by atoms with E-state index in [0.29, 0.717) is 11.4 Å². The maximum absolute atomic E-state index is 13.5. The van der Waals surface area contributed by atoms with Gasteiger partial charge in [-0.05, 0) is 55.0 Å². The summed E-state index contributed by atoms with van der Waals surface area (Å²) in [5, 5.41) is 13.4. The van der Waals surface area contributed by atoms with Crippen molar-refractivity contribution in [2.75, 3.05) is 5.32 Å². The highest BCUT2D eigenvalue weighted by molar-refractivity contribution is 7.91. The van der Waals surface area contributed by atoms with Gasteiger partial charge in [-0.15, -0.1) is 16.4 Å². The fourth-order valence-electron chi connectivity index (χ4n) is 3.73. The third-order valence-corrected chi connectivity index (χ3v) is 8.17. The minimum absolute atomic E-state index is 0.0218. The summed E-state index contributed by atoms with van der Waals surface area (Å²) in [5.41, 5.74) is 3.59. The summed E-state index contributed by atoms with van der Waals surface area (Å²) in [6.45, 7) is 5.68. The van der Waals surface area contributed by atoms with E-state index in [9.17, 15) is 8.42 Å². The van der Waals surface area contributed by atoms with Crippen LogP contribution in [0.15, 0.2) is 69.9 Å². The summed E-state index contributed by atoms with van der Waals surface area (Å²) in [5.74, 6) is 0.610. The first-order valence-corrected chi connectivity index (χ1v) is 12.5. The first-order chi connectivity index (χ1) is 15.4. The lowest BCUT2D eigenvalue weighted by Gasteiger charge is -2.16. The van der Waals surface area contributed by atoms with E-state index in [1.165, 1.54) is 15.9 Å². The molecule has 0 fully saturated rings. The van der Waals surface area contributed by atoms with Crippen molar-refractivity contribution in [3.63, 3.8) is 0 Å². The molecule has 0 bridgehead atoms. The average molecular weight is 464 g/mol. The third-order valence-electron chi connectivity index (χ3n) is 5.46. The Labute approximate surface area is 189 Å². The van der Waals surface area contributed by atoms with Crippen LogP contribution in [0.5, 0.6) is 0 Å². The molecule has 162 valence electrons. The van der Waals surface area contributed by atoms with Crippen molar-refractivity contribution in [2.24, 2.45) is 0 Å². The lowest BCUT2D eigenvalue weighted by atomic mass is 10.1. The Morgan fingerprint density at radius 3 is 2.62 bits per heavy atom. The zero-order valence-electron chi connectivity index (χ0n) is 17.8. The van der Waals surface area contributed by atoms with E-state index in [4.69, 9.17) is 4.98 Å². The smallest absolute Gasteiger partial charge is 0.229 e. The van der Waals surface area contributed by atoms with Crippen LogP contribution in [0, 0.1) is 13.8 Å². The molecule has 0 aliphatic rings. The second kappa shape index (κ2) is 7.68. The molecular weight excluding hydrogens is 442 g/mol. The number of anilines is 1. The van der Waals surface area contributed by atoms with Crippen LogP contribution in [0.2, 0.25) is 0 Å². The Balaban J connectivity index is 1.68. The Morgan fingerprint density at radius 2 is 1.84 bits per heavy atom. The maximum atomic E-state index is 13.5. The van der Waals surface area contributed by atoms with Gasteiger partial charge in [-0.3, -0.25) is 0 Å². The molecule has 0 aliphatic carbocycles. The van der Waals surface area contributed by atoms with E-state index in [1.54, 1.807) is 19.1 Å². The van der Waals surface area contributed by atoms with Gasteiger partial charge in [0.15, 0.2) is 5.65 Å². The summed E-state index contributed by atoms with van der Waals surface area (Å²) in [7, 11) is -3.91. The average Bonchev–Trinajstić information content (AvgIpc) is 3.43. The van der Waals surface area contributed by atoms with Gasteiger partial charge in [0.2, 0.25) is 14.9 Å². The highest BCUT2D eigenvalue weighted by Gasteiger charge is 2.29. The van der Waals surface area contributed by atoms with Crippen molar-refractivity contribution in [1.82, 2.24) is 19.8 Å². The number of aromatic nitrogens is 4. The van der Waals surface area contributed by atoms with Crippen molar-refractivity contribution in [1.29, 1.82) is 0 Å². The van der Waals surface area contributed by atoms with Crippen LogP contribution in [0.3, 0.4) is 0 Å². The fraction of sp³-hybridized carbons (Fsp3) is 0.174. The number of hydrogen-bond donors (Lipinski definition) is 1. The van der Waals surface area contributed by atoms with Gasteiger partial charge in [0.1, 0.15) is 5.82 Å². The Bertz CT molecular complexity index is 1560. The van der Waals surface area contributed by atoms with Gasteiger partial charge in [-0.25, -0.2) is 13.4 Å². The molecule has 0 aliphatic heterocycles. The molecule has 7 nitrogen and oxygen atoms in total. The van der Waals surface area contributed by atoms with Crippen LogP contribution in [-0.2, 0) is 9.84 Å². The molecule has 0 saturated heterocycles. The number of thiophene rings is 1. The Kier molecular flexibility index (Phi) is 4.94. The Hall–Kier alpha value is -3.30. The first-order valence-electron chi connectivity index (χ1n) is 10.1. The third kappa shape index (κ3) is 3.34. The SMILES string of the molecule is Cc1ccc(C)c(S(=O)(=O)c2nnn3c2nc(N[C@@H](C)c2ccccc2)c2sccc23)c1. The molecular formula is C23H21N5O2S2. The molecule has 9 heteroatoms. The monoisotopic (exact) mass is 463 g/mol. The number of nitrogens with zero attached hydrogens (tertiary/aromatic N) is 4. The lowest BCUT2D eigenvalue weighted by Crippen LogP contribution is -2.10. The number of aryl methyl sites for hydroxylation is 2. The molecule has 0 unspecified atom stereocenters. The molecule has 2 aromatic carbocycles. The van der Waals surface area contributed by atoms with Crippen LogP contribution in [0.1, 0.15) is 29.7 Å². The van der Waals surface area contributed by atoms with Crippen molar-refractivity contribution in [3.05, 3.63) is 76.7 Å². The van der Waals surface area contributed by atoms with Gasteiger partial charge in [0.05, 0.1) is 15.1 Å². The molecule has 5 aromatic rings. The molecule has 5 rings (SSSR count). The molecule has 0 spiro atoms. The van der Waals surface area contributed by atoms with Crippen molar-refractivity contribution < 1.29 is 8.42 Å². The highest BCUT2D eigenvalue weighted by atomic mass is 32.2. The van der Waals surface area contributed by atoms with Crippen LogP contribution in [-0.4, -0.2) is 28.2 Å². The van der Waals surface area contributed by atoms with Crippen LogP contribution >= 0.6 is 11.3 Å². The normalized spacial score (nSPS) is 13.0. The van der Waals surface area contributed by atoms with Gasteiger partial charge in [0.25, 0.3) is 0 Å². The number of fused-ring (bicyclic) bond motifs is 3. The van der Waals surface area contributed by atoms with E-state index >= 15 is 0 Å². The van der Waals surface area contributed by atoms with Gasteiger partial charge >= 0.3 is 0 Å². The minimum atomic E-state index is -3.91. The quantitative estimate of drug-likeness (QED) is 0.396. The molecule has 0 amide bonds. The second-order valence-corrected chi connectivity index (χ2v) is 10.5. The van der Waals surface area contributed by atoms with Crippen LogP contribution < -0.4 is 5.32 Å². The number of rotatable bonds is 5. The van der Waals surface area contributed by atoms with Gasteiger partial charge < -0.3 is 5.32 Å². The molecule has 3 aromatic heterocycles. The second-order valence-electron chi connectivity index (χ2n) is 7.77. The van der Waals surface area contributed by atoms with E-state index in [-0.39, 0.29) is 21.6 Å². The van der Waals surface area contributed by atoms with Crippen molar-refractivity contribution in [3.8, 4) is 0 Å². The number of benzene rings is 2.